The highest BCUT2D eigenvalue weighted by Gasteiger charge is 2.91. The van der Waals surface area contributed by atoms with Gasteiger partial charge in [0.2, 0.25) is 0 Å². The molecule has 0 amide bonds. The molecular formula is C24H19Cl2FO. The Morgan fingerprint density at radius 1 is 0.893 bits per heavy atom. The molecule has 0 spiro atoms. The van der Waals surface area contributed by atoms with Crippen molar-refractivity contribution in [3.05, 3.63) is 101 Å². The van der Waals surface area contributed by atoms with Gasteiger partial charge in [-0.25, -0.2) is 4.39 Å². The van der Waals surface area contributed by atoms with Crippen molar-refractivity contribution in [2.45, 2.75) is 29.7 Å². The molecule has 1 fully saturated rings. The van der Waals surface area contributed by atoms with E-state index in [9.17, 15) is 4.39 Å². The molecule has 4 heteroatoms. The maximum atomic E-state index is 13.6. The summed E-state index contributed by atoms with van der Waals surface area (Å²) in [6.45, 7) is 4.11. The van der Waals surface area contributed by atoms with Crippen LogP contribution in [0.3, 0.4) is 0 Å². The fourth-order valence-corrected chi connectivity index (χ4v) is 6.03. The molecule has 3 atom stereocenters. The molecule has 0 unspecified atom stereocenters. The number of fused-ring (bicyclic) bond motifs is 2. The van der Waals surface area contributed by atoms with Crippen LogP contribution in [0.25, 0.3) is 0 Å². The molecule has 0 saturated heterocycles. The third-order valence-electron chi connectivity index (χ3n) is 6.50. The summed E-state index contributed by atoms with van der Waals surface area (Å²) >= 11 is 14.0. The van der Waals surface area contributed by atoms with Gasteiger partial charge >= 0.3 is 0 Å². The molecule has 142 valence electrons. The SMILES string of the molecule is Cc1ccc([C@]23Oc4ccccc4[C@@H](c4ccc(F)cc4)[C@@]2(C)C3(Cl)Cl)cc1. The maximum Gasteiger partial charge on any atom is 0.177 e. The molecule has 1 saturated carbocycles. The summed E-state index contributed by atoms with van der Waals surface area (Å²) in [7, 11) is 0. The van der Waals surface area contributed by atoms with Crippen LogP contribution in [0.1, 0.15) is 35.1 Å². The smallest absolute Gasteiger partial charge is 0.177 e. The average Bonchev–Trinajstić information content (AvgIpc) is 3.09. The molecule has 0 aromatic heterocycles. The van der Waals surface area contributed by atoms with Crippen LogP contribution in [-0.2, 0) is 5.60 Å². The van der Waals surface area contributed by atoms with Crippen LogP contribution >= 0.6 is 23.2 Å². The van der Waals surface area contributed by atoms with Gasteiger partial charge in [-0.2, -0.15) is 0 Å². The Hall–Kier alpha value is -2.03. The first-order valence-electron chi connectivity index (χ1n) is 9.31. The molecule has 3 aromatic carbocycles. The van der Waals surface area contributed by atoms with Crippen molar-refractivity contribution in [3.63, 3.8) is 0 Å². The number of para-hydroxylation sites is 1. The van der Waals surface area contributed by atoms with E-state index in [1.807, 2.05) is 67.6 Å². The largest absolute Gasteiger partial charge is 0.478 e. The molecule has 1 aliphatic heterocycles. The van der Waals surface area contributed by atoms with E-state index >= 15 is 0 Å². The van der Waals surface area contributed by atoms with Gasteiger partial charge in [0, 0.05) is 11.5 Å². The number of halogens is 3. The van der Waals surface area contributed by atoms with Crippen molar-refractivity contribution in [1.82, 2.24) is 0 Å². The standard InChI is InChI=1S/C24H19Cl2FO/c1-15-7-11-17(12-8-15)23-22(2,24(23,25)26)21(16-9-13-18(27)14-10-16)19-5-3-4-6-20(19)28-23/h3-14,21H,1-2H3/t21-,22-,23+/m1/s1. The predicted molar refractivity (Wildman–Crippen MR) is 111 cm³/mol. The van der Waals surface area contributed by atoms with Crippen molar-refractivity contribution >= 4 is 23.2 Å². The summed E-state index contributed by atoms with van der Waals surface area (Å²) in [5.41, 5.74) is 2.59. The number of alkyl halides is 2. The molecule has 0 N–H and O–H groups in total. The molecule has 0 radical (unpaired) electrons. The van der Waals surface area contributed by atoms with Gasteiger partial charge < -0.3 is 4.74 Å². The summed E-state index contributed by atoms with van der Waals surface area (Å²) < 4.78 is 19.0. The first-order valence-corrected chi connectivity index (χ1v) is 10.1. The summed E-state index contributed by atoms with van der Waals surface area (Å²) in [6, 6.07) is 22.7. The van der Waals surface area contributed by atoms with E-state index < -0.39 is 15.3 Å². The zero-order chi connectivity index (χ0) is 19.7. The van der Waals surface area contributed by atoms with Gasteiger partial charge in [-0.1, -0.05) is 90.3 Å². The predicted octanol–water partition coefficient (Wildman–Crippen LogP) is 6.75. The van der Waals surface area contributed by atoms with E-state index in [-0.39, 0.29) is 11.7 Å². The van der Waals surface area contributed by atoms with Crippen molar-refractivity contribution in [1.29, 1.82) is 0 Å². The number of aryl methyl sites for hydroxylation is 1. The number of ether oxygens (including phenoxy) is 1. The Kier molecular flexibility index (Phi) is 3.70. The minimum Gasteiger partial charge on any atom is -0.478 e. The Balaban J connectivity index is 1.77. The first kappa shape index (κ1) is 18.0. The van der Waals surface area contributed by atoms with Crippen LogP contribution in [-0.4, -0.2) is 4.33 Å². The van der Waals surface area contributed by atoms with E-state index in [1.165, 1.54) is 12.1 Å². The van der Waals surface area contributed by atoms with Crippen LogP contribution in [0.5, 0.6) is 5.75 Å². The van der Waals surface area contributed by atoms with Gasteiger partial charge in [0.15, 0.2) is 9.93 Å². The molecule has 3 aromatic rings. The Labute approximate surface area is 174 Å². The first-order chi connectivity index (χ1) is 13.3. The molecular weight excluding hydrogens is 394 g/mol. The van der Waals surface area contributed by atoms with Gasteiger partial charge in [-0.15, -0.1) is 0 Å². The second-order valence-corrected chi connectivity index (χ2v) is 9.28. The van der Waals surface area contributed by atoms with E-state index in [2.05, 4.69) is 6.92 Å². The lowest BCUT2D eigenvalue weighted by molar-refractivity contribution is 0.102. The Morgan fingerprint density at radius 3 is 2.21 bits per heavy atom. The molecule has 28 heavy (non-hydrogen) atoms. The van der Waals surface area contributed by atoms with Crippen LogP contribution in [0.15, 0.2) is 72.8 Å². The van der Waals surface area contributed by atoms with E-state index in [1.54, 1.807) is 0 Å². The highest BCUT2D eigenvalue weighted by molar-refractivity contribution is 6.53. The van der Waals surface area contributed by atoms with Gasteiger partial charge in [-0.3, -0.25) is 0 Å². The van der Waals surface area contributed by atoms with Crippen molar-refractivity contribution in [2.75, 3.05) is 0 Å². The average molecular weight is 413 g/mol. The van der Waals surface area contributed by atoms with Gasteiger partial charge in [-0.05, 0) is 36.2 Å². The fourth-order valence-electron chi connectivity index (χ4n) is 4.96. The van der Waals surface area contributed by atoms with Crippen LogP contribution in [0.4, 0.5) is 4.39 Å². The lowest BCUT2D eigenvalue weighted by Crippen LogP contribution is -2.33. The zero-order valence-electron chi connectivity index (χ0n) is 15.5. The van der Waals surface area contributed by atoms with E-state index in [4.69, 9.17) is 27.9 Å². The number of hydrogen-bond donors (Lipinski definition) is 0. The van der Waals surface area contributed by atoms with Crippen molar-refractivity contribution in [2.24, 2.45) is 5.41 Å². The maximum absolute atomic E-state index is 13.6. The van der Waals surface area contributed by atoms with Crippen molar-refractivity contribution < 1.29 is 9.13 Å². The third kappa shape index (κ3) is 2.03. The lowest BCUT2D eigenvalue weighted by Gasteiger charge is -2.36. The zero-order valence-corrected chi connectivity index (χ0v) is 17.1. The normalized spacial score (nSPS) is 29.4. The lowest BCUT2D eigenvalue weighted by atomic mass is 9.74. The van der Waals surface area contributed by atoms with Gasteiger partial charge in [0.05, 0.1) is 5.41 Å². The van der Waals surface area contributed by atoms with Crippen LogP contribution < -0.4 is 4.74 Å². The van der Waals surface area contributed by atoms with Gasteiger partial charge in [0.1, 0.15) is 11.6 Å². The molecule has 1 nitrogen and oxygen atoms in total. The van der Waals surface area contributed by atoms with E-state index in [0.29, 0.717) is 0 Å². The summed E-state index contributed by atoms with van der Waals surface area (Å²) in [4.78, 5) is 0. The minimum absolute atomic E-state index is 0.130. The second kappa shape index (κ2) is 5.75. The number of benzene rings is 3. The highest BCUT2D eigenvalue weighted by atomic mass is 35.5. The topological polar surface area (TPSA) is 9.23 Å². The second-order valence-electron chi connectivity index (χ2n) is 7.95. The van der Waals surface area contributed by atoms with Crippen LogP contribution in [0.2, 0.25) is 0 Å². The minimum atomic E-state index is -1.15. The summed E-state index contributed by atoms with van der Waals surface area (Å²) in [6.07, 6.45) is 0. The number of hydrogen-bond acceptors (Lipinski definition) is 1. The van der Waals surface area contributed by atoms with Crippen LogP contribution in [0, 0.1) is 18.2 Å². The number of rotatable bonds is 2. The highest BCUT2D eigenvalue weighted by Crippen LogP contribution is 2.85. The Morgan fingerprint density at radius 2 is 1.54 bits per heavy atom. The summed E-state index contributed by atoms with van der Waals surface area (Å²) in [5, 5.41) is 0. The third-order valence-corrected chi connectivity index (χ3v) is 7.81. The molecule has 5 rings (SSSR count). The fraction of sp³-hybridized carbons (Fsp3) is 0.250. The summed E-state index contributed by atoms with van der Waals surface area (Å²) in [5.74, 6) is 0.366. The monoisotopic (exact) mass is 412 g/mol. The Bertz CT molecular complexity index is 1060. The molecule has 2 aliphatic rings. The molecule has 1 aliphatic carbocycles. The van der Waals surface area contributed by atoms with E-state index in [0.717, 1.165) is 28.0 Å². The molecule has 0 bridgehead atoms. The van der Waals surface area contributed by atoms with Gasteiger partial charge in [0.25, 0.3) is 0 Å². The quantitative estimate of drug-likeness (QED) is 0.423. The van der Waals surface area contributed by atoms with Crippen molar-refractivity contribution in [3.8, 4) is 5.75 Å². The molecule has 1 heterocycles.